The molecule has 1 aliphatic rings. The van der Waals surface area contributed by atoms with Gasteiger partial charge in [-0.3, -0.25) is 4.79 Å². The maximum absolute atomic E-state index is 11.0. The highest BCUT2D eigenvalue weighted by molar-refractivity contribution is 5.79. The Bertz CT molecular complexity index is 245. The van der Waals surface area contributed by atoms with Gasteiger partial charge in [0.25, 0.3) is 0 Å². The number of aliphatic hydroxyl groups is 1. The van der Waals surface area contributed by atoms with Crippen LogP contribution in [0, 0.1) is 17.2 Å². The zero-order valence-electron chi connectivity index (χ0n) is 8.62. The lowest BCUT2D eigenvalue weighted by molar-refractivity contribution is -0.127. The van der Waals surface area contributed by atoms with E-state index >= 15 is 0 Å². The largest absolute Gasteiger partial charge is 0.388 e. The van der Waals surface area contributed by atoms with E-state index in [1.807, 2.05) is 6.92 Å². The minimum absolute atomic E-state index is 0.211. The topological polar surface area (TPSA) is 61.1 Å². The molecule has 0 spiro atoms. The zero-order chi connectivity index (χ0) is 10.6. The van der Waals surface area contributed by atoms with Gasteiger partial charge in [0, 0.05) is 12.8 Å². The first-order valence-corrected chi connectivity index (χ1v) is 5.26. The van der Waals surface area contributed by atoms with E-state index in [1.165, 1.54) is 0 Å². The van der Waals surface area contributed by atoms with Crippen LogP contribution in [-0.4, -0.2) is 16.5 Å². The highest BCUT2D eigenvalue weighted by atomic mass is 16.3. The molecule has 0 aliphatic heterocycles. The van der Waals surface area contributed by atoms with Crippen LogP contribution in [0.2, 0.25) is 0 Å². The molecule has 1 atom stereocenters. The Kier molecular flexibility index (Phi) is 3.65. The Morgan fingerprint density at radius 1 is 1.57 bits per heavy atom. The molecule has 1 unspecified atom stereocenters. The van der Waals surface area contributed by atoms with Crippen molar-refractivity contribution in [2.24, 2.45) is 5.92 Å². The molecule has 0 radical (unpaired) electrons. The summed E-state index contributed by atoms with van der Waals surface area (Å²) in [6.07, 6.45) is 3.40. The van der Waals surface area contributed by atoms with Crippen LogP contribution >= 0.6 is 0 Å². The van der Waals surface area contributed by atoms with Crippen LogP contribution in [0.25, 0.3) is 0 Å². The van der Waals surface area contributed by atoms with E-state index in [0.29, 0.717) is 25.7 Å². The Hall–Kier alpha value is -0.880. The van der Waals surface area contributed by atoms with Gasteiger partial charge in [-0.1, -0.05) is 13.3 Å². The van der Waals surface area contributed by atoms with Gasteiger partial charge in [-0.2, -0.15) is 5.26 Å². The van der Waals surface area contributed by atoms with Gasteiger partial charge in [0.05, 0.1) is 17.6 Å². The first-order chi connectivity index (χ1) is 6.62. The fraction of sp³-hybridized carbons (Fsp3) is 0.818. The van der Waals surface area contributed by atoms with Crippen LogP contribution in [0.4, 0.5) is 0 Å². The van der Waals surface area contributed by atoms with Gasteiger partial charge in [0.15, 0.2) is 0 Å². The number of carbonyl (C=O) groups is 1. The maximum Gasteiger partial charge on any atom is 0.133 e. The van der Waals surface area contributed by atoms with Crippen LogP contribution in [0.1, 0.15) is 45.4 Å². The van der Waals surface area contributed by atoms with Crippen LogP contribution in [0.5, 0.6) is 0 Å². The highest BCUT2D eigenvalue weighted by Crippen LogP contribution is 2.34. The van der Waals surface area contributed by atoms with Crippen molar-refractivity contribution in [1.82, 2.24) is 0 Å². The van der Waals surface area contributed by atoms with E-state index in [9.17, 15) is 9.90 Å². The van der Waals surface area contributed by atoms with E-state index in [4.69, 9.17) is 5.26 Å². The van der Waals surface area contributed by atoms with Gasteiger partial charge in [0.2, 0.25) is 0 Å². The minimum atomic E-state index is -0.904. The zero-order valence-corrected chi connectivity index (χ0v) is 8.62. The molecule has 0 saturated heterocycles. The molecule has 3 heteroatoms. The SMILES string of the molecule is CCCC(C#N)C1(O)CCC(=O)CC1. The quantitative estimate of drug-likeness (QED) is 0.747. The second-order valence-corrected chi connectivity index (χ2v) is 4.11. The molecule has 0 aromatic heterocycles. The van der Waals surface area contributed by atoms with Gasteiger partial charge < -0.3 is 5.11 Å². The molecule has 14 heavy (non-hydrogen) atoms. The summed E-state index contributed by atoms with van der Waals surface area (Å²) in [5, 5.41) is 19.2. The molecular weight excluding hydrogens is 178 g/mol. The number of hydrogen-bond acceptors (Lipinski definition) is 3. The number of rotatable bonds is 3. The molecule has 1 rings (SSSR count). The van der Waals surface area contributed by atoms with Crippen LogP contribution in [0.3, 0.4) is 0 Å². The van der Waals surface area contributed by atoms with Gasteiger partial charge in [-0.25, -0.2) is 0 Å². The lowest BCUT2D eigenvalue weighted by atomic mass is 9.74. The summed E-state index contributed by atoms with van der Waals surface area (Å²) in [6, 6.07) is 2.17. The number of nitriles is 1. The second-order valence-electron chi connectivity index (χ2n) is 4.11. The maximum atomic E-state index is 11.0. The number of ketones is 1. The Labute approximate surface area is 84.7 Å². The fourth-order valence-corrected chi connectivity index (χ4v) is 2.05. The second kappa shape index (κ2) is 4.56. The minimum Gasteiger partial charge on any atom is -0.388 e. The molecule has 1 fully saturated rings. The van der Waals surface area contributed by atoms with Crippen molar-refractivity contribution in [1.29, 1.82) is 5.26 Å². The normalized spacial score (nSPS) is 22.8. The first kappa shape index (κ1) is 11.2. The third-order valence-corrected chi connectivity index (χ3v) is 3.06. The molecule has 0 heterocycles. The van der Waals surface area contributed by atoms with Gasteiger partial charge >= 0.3 is 0 Å². The molecule has 1 aliphatic carbocycles. The van der Waals surface area contributed by atoms with E-state index in [0.717, 1.165) is 12.8 Å². The van der Waals surface area contributed by atoms with E-state index in [-0.39, 0.29) is 11.7 Å². The first-order valence-electron chi connectivity index (χ1n) is 5.26. The molecule has 1 saturated carbocycles. The summed E-state index contributed by atoms with van der Waals surface area (Å²) in [5.74, 6) is -0.0940. The number of hydrogen-bond donors (Lipinski definition) is 1. The van der Waals surface area contributed by atoms with Crippen LogP contribution in [0.15, 0.2) is 0 Å². The highest BCUT2D eigenvalue weighted by Gasteiger charge is 2.39. The average Bonchev–Trinajstić information content (AvgIpc) is 2.19. The Morgan fingerprint density at radius 3 is 2.57 bits per heavy atom. The van der Waals surface area contributed by atoms with Crippen LogP contribution in [-0.2, 0) is 4.79 Å². The standard InChI is InChI=1S/C11H17NO2/c1-2-3-9(8-12)11(14)6-4-10(13)5-7-11/h9,14H,2-7H2,1H3. The number of carbonyl (C=O) groups excluding carboxylic acids is 1. The Morgan fingerprint density at radius 2 is 2.14 bits per heavy atom. The average molecular weight is 195 g/mol. The molecule has 78 valence electrons. The molecule has 3 nitrogen and oxygen atoms in total. The van der Waals surface area contributed by atoms with Gasteiger partial charge in [-0.15, -0.1) is 0 Å². The van der Waals surface area contributed by atoms with Gasteiger partial charge in [0.1, 0.15) is 5.78 Å². The predicted octanol–water partition coefficient (Wildman–Crippen LogP) is 1.80. The lowest BCUT2D eigenvalue weighted by Gasteiger charge is -2.35. The summed E-state index contributed by atoms with van der Waals surface area (Å²) >= 11 is 0. The molecular formula is C11H17NO2. The summed E-state index contributed by atoms with van der Waals surface area (Å²) in [4.78, 5) is 11.0. The van der Waals surface area contributed by atoms with Crippen molar-refractivity contribution in [3.63, 3.8) is 0 Å². The summed E-state index contributed by atoms with van der Waals surface area (Å²) < 4.78 is 0. The fourth-order valence-electron chi connectivity index (χ4n) is 2.05. The summed E-state index contributed by atoms with van der Waals surface area (Å²) in [5.41, 5.74) is -0.904. The third-order valence-electron chi connectivity index (χ3n) is 3.06. The molecule has 0 aromatic carbocycles. The Balaban J connectivity index is 2.64. The molecule has 0 bridgehead atoms. The van der Waals surface area contributed by atoms with E-state index in [1.54, 1.807) is 0 Å². The van der Waals surface area contributed by atoms with Crippen molar-refractivity contribution in [3.8, 4) is 6.07 Å². The van der Waals surface area contributed by atoms with Crippen molar-refractivity contribution in [2.75, 3.05) is 0 Å². The van der Waals surface area contributed by atoms with E-state index < -0.39 is 5.60 Å². The van der Waals surface area contributed by atoms with Crippen molar-refractivity contribution >= 4 is 5.78 Å². The monoisotopic (exact) mass is 195 g/mol. The van der Waals surface area contributed by atoms with Crippen molar-refractivity contribution < 1.29 is 9.90 Å². The molecule has 0 aromatic rings. The van der Waals surface area contributed by atoms with Crippen LogP contribution < -0.4 is 0 Å². The lowest BCUT2D eigenvalue weighted by Crippen LogP contribution is -2.41. The third kappa shape index (κ3) is 2.33. The van der Waals surface area contributed by atoms with E-state index in [2.05, 4.69) is 6.07 Å². The number of Topliss-reactive ketones (excluding diaryl/α,β-unsaturated/α-hetero) is 1. The smallest absolute Gasteiger partial charge is 0.133 e. The summed E-state index contributed by atoms with van der Waals surface area (Å²) in [6.45, 7) is 2.00. The van der Waals surface area contributed by atoms with Gasteiger partial charge in [-0.05, 0) is 19.3 Å². The molecule has 0 amide bonds. The molecule has 1 N–H and O–H groups in total. The number of nitrogens with zero attached hydrogens (tertiary/aromatic N) is 1. The summed E-state index contributed by atoms with van der Waals surface area (Å²) in [7, 11) is 0. The van der Waals surface area contributed by atoms with Crippen molar-refractivity contribution in [2.45, 2.75) is 51.0 Å². The van der Waals surface area contributed by atoms with Crippen molar-refractivity contribution in [3.05, 3.63) is 0 Å². The predicted molar refractivity (Wildman–Crippen MR) is 52.4 cm³/mol.